The second kappa shape index (κ2) is 2.21. The highest BCUT2D eigenvalue weighted by Crippen LogP contribution is 2.54. The summed E-state index contributed by atoms with van der Waals surface area (Å²) in [5.41, 5.74) is 0. The fourth-order valence-corrected chi connectivity index (χ4v) is 3.00. The van der Waals surface area contributed by atoms with Gasteiger partial charge >= 0.3 is 0 Å². The van der Waals surface area contributed by atoms with Gasteiger partial charge in [-0.25, -0.2) is 0 Å². The summed E-state index contributed by atoms with van der Waals surface area (Å²) in [6.45, 7) is 0. The van der Waals surface area contributed by atoms with Gasteiger partial charge in [0.1, 0.15) is 5.78 Å². The van der Waals surface area contributed by atoms with E-state index in [1.165, 1.54) is 6.42 Å². The molecule has 1 heteroatoms. The lowest BCUT2D eigenvalue weighted by atomic mass is 9.73. The minimum absolute atomic E-state index is 0.511. The molecule has 0 aromatic carbocycles. The predicted molar refractivity (Wildman–Crippen MR) is 46.6 cm³/mol. The van der Waals surface area contributed by atoms with Crippen LogP contribution in [0.2, 0.25) is 0 Å². The molecule has 3 rings (SSSR count). The number of ketones is 1. The van der Waals surface area contributed by atoms with Gasteiger partial charge in [-0.05, 0) is 36.5 Å². The zero-order chi connectivity index (χ0) is 8.13. The van der Waals surface area contributed by atoms with E-state index in [1.807, 2.05) is 0 Å². The van der Waals surface area contributed by atoms with Crippen LogP contribution in [0, 0.1) is 23.7 Å². The standard InChI is InChI=1S/C11H14O/c12-9-4-3-7-1-2-8-5-10(8)11(7)6-9/h1-2,7-8,10-11H,3-6H2. The number of carbonyl (C=O) groups excluding carboxylic acids is 1. The topological polar surface area (TPSA) is 17.1 Å². The van der Waals surface area contributed by atoms with Crippen LogP contribution >= 0.6 is 0 Å². The van der Waals surface area contributed by atoms with Crippen LogP contribution in [0.25, 0.3) is 0 Å². The predicted octanol–water partition coefficient (Wildman–Crippen LogP) is 2.18. The number of allylic oxidation sites excluding steroid dienone is 2. The second-order valence-electron chi connectivity index (χ2n) is 4.56. The summed E-state index contributed by atoms with van der Waals surface area (Å²) >= 11 is 0. The molecule has 1 nitrogen and oxygen atoms in total. The van der Waals surface area contributed by atoms with Gasteiger partial charge in [0.25, 0.3) is 0 Å². The van der Waals surface area contributed by atoms with Crippen molar-refractivity contribution in [1.29, 1.82) is 0 Å². The Morgan fingerprint density at radius 3 is 2.92 bits per heavy atom. The van der Waals surface area contributed by atoms with Gasteiger partial charge in [0.15, 0.2) is 0 Å². The van der Waals surface area contributed by atoms with Crippen LogP contribution in [0.5, 0.6) is 0 Å². The van der Waals surface area contributed by atoms with E-state index >= 15 is 0 Å². The average molecular weight is 162 g/mol. The highest BCUT2D eigenvalue weighted by molar-refractivity contribution is 5.79. The summed E-state index contributed by atoms with van der Waals surface area (Å²) in [5.74, 6) is 3.76. The molecular formula is C11H14O. The van der Waals surface area contributed by atoms with E-state index in [0.29, 0.717) is 5.78 Å². The van der Waals surface area contributed by atoms with E-state index in [2.05, 4.69) is 12.2 Å². The maximum absolute atomic E-state index is 11.3. The molecule has 4 unspecified atom stereocenters. The molecule has 0 amide bonds. The first-order valence-electron chi connectivity index (χ1n) is 5.04. The summed E-state index contributed by atoms with van der Waals surface area (Å²) in [6.07, 6.45) is 8.99. The first kappa shape index (κ1) is 6.88. The van der Waals surface area contributed by atoms with Gasteiger partial charge in [-0.15, -0.1) is 0 Å². The van der Waals surface area contributed by atoms with Crippen LogP contribution in [0.15, 0.2) is 12.2 Å². The summed E-state index contributed by atoms with van der Waals surface area (Å²) in [7, 11) is 0. The van der Waals surface area contributed by atoms with Gasteiger partial charge in [0.05, 0.1) is 0 Å². The zero-order valence-corrected chi connectivity index (χ0v) is 7.20. The van der Waals surface area contributed by atoms with Crippen molar-refractivity contribution in [2.45, 2.75) is 25.7 Å². The lowest BCUT2D eigenvalue weighted by Crippen LogP contribution is -2.27. The van der Waals surface area contributed by atoms with Crippen molar-refractivity contribution >= 4 is 5.78 Å². The molecule has 2 saturated carbocycles. The van der Waals surface area contributed by atoms with E-state index < -0.39 is 0 Å². The Hall–Kier alpha value is -0.590. The van der Waals surface area contributed by atoms with E-state index in [1.54, 1.807) is 0 Å². The summed E-state index contributed by atoms with van der Waals surface area (Å²) in [4.78, 5) is 11.3. The minimum atomic E-state index is 0.511. The Labute approximate surface area is 72.8 Å². The molecule has 0 N–H and O–H groups in total. The third-order valence-corrected chi connectivity index (χ3v) is 3.82. The molecule has 3 aliphatic carbocycles. The molecule has 0 aromatic rings. The fraction of sp³-hybridized carbons (Fsp3) is 0.727. The molecule has 0 heterocycles. The minimum Gasteiger partial charge on any atom is -0.300 e. The van der Waals surface area contributed by atoms with Crippen LogP contribution < -0.4 is 0 Å². The smallest absolute Gasteiger partial charge is 0.133 e. The molecule has 0 radical (unpaired) electrons. The normalized spacial score (nSPS) is 49.8. The Balaban J connectivity index is 1.86. The molecule has 0 bridgehead atoms. The Kier molecular flexibility index (Phi) is 1.27. The van der Waals surface area contributed by atoms with Crippen molar-refractivity contribution in [3.05, 3.63) is 12.2 Å². The van der Waals surface area contributed by atoms with E-state index in [-0.39, 0.29) is 0 Å². The van der Waals surface area contributed by atoms with Crippen molar-refractivity contribution in [3.63, 3.8) is 0 Å². The molecule has 3 aliphatic rings. The SMILES string of the molecule is O=C1CCC2C=CC3CC3C2C1. The molecule has 2 fully saturated rings. The average Bonchev–Trinajstić information content (AvgIpc) is 2.82. The van der Waals surface area contributed by atoms with Crippen molar-refractivity contribution in [3.8, 4) is 0 Å². The van der Waals surface area contributed by atoms with Gasteiger partial charge in [-0.3, -0.25) is 4.79 Å². The van der Waals surface area contributed by atoms with Crippen LogP contribution in [-0.2, 0) is 4.79 Å². The third-order valence-electron chi connectivity index (χ3n) is 3.82. The first-order chi connectivity index (χ1) is 5.84. The lowest BCUT2D eigenvalue weighted by molar-refractivity contribution is -0.122. The zero-order valence-electron chi connectivity index (χ0n) is 7.20. The van der Waals surface area contributed by atoms with Crippen molar-refractivity contribution in [1.82, 2.24) is 0 Å². The maximum Gasteiger partial charge on any atom is 0.133 e. The molecular weight excluding hydrogens is 148 g/mol. The lowest BCUT2D eigenvalue weighted by Gasteiger charge is -2.31. The van der Waals surface area contributed by atoms with Crippen LogP contribution in [0.3, 0.4) is 0 Å². The van der Waals surface area contributed by atoms with Gasteiger partial charge in [-0.2, -0.15) is 0 Å². The highest BCUT2D eigenvalue weighted by Gasteiger charge is 2.48. The quantitative estimate of drug-likeness (QED) is 0.499. The molecule has 0 saturated heterocycles. The second-order valence-corrected chi connectivity index (χ2v) is 4.56. The highest BCUT2D eigenvalue weighted by atomic mass is 16.1. The van der Waals surface area contributed by atoms with Crippen molar-refractivity contribution in [2.24, 2.45) is 23.7 Å². The van der Waals surface area contributed by atoms with Crippen LogP contribution in [0.4, 0.5) is 0 Å². The summed E-state index contributed by atoms with van der Waals surface area (Å²) in [5, 5.41) is 0. The Bertz CT molecular complexity index is 254. The number of hydrogen-bond acceptors (Lipinski definition) is 1. The summed E-state index contributed by atoms with van der Waals surface area (Å²) in [6, 6.07) is 0. The molecule has 4 atom stereocenters. The maximum atomic E-state index is 11.3. The molecule has 0 aliphatic heterocycles. The van der Waals surface area contributed by atoms with Crippen LogP contribution in [0.1, 0.15) is 25.7 Å². The monoisotopic (exact) mass is 162 g/mol. The molecule has 12 heavy (non-hydrogen) atoms. The Morgan fingerprint density at radius 1 is 1.17 bits per heavy atom. The van der Waals surface area contributed by atoms with E-state index in [9.17, 15) is 4.79 Å². The van der Waals surface area contributed by atoms with E-state index in [0.717, 1.165) is 42.9 Å². The number of hydrogen-bond donors (Lipinski definition) is 0. The molecule has 0 spiro atoms. The first-order valence-corrected chi connectivity index (χ1v) is 5.04. The number of fused-ring (bicyclic) bond motifs is 3. The fourth-order valence-electron chi connectivity index (χ4n) is 3.00. The largest absolute Gasteiger partial charge is 0.300 e. The Morgan fingerprint density at radius 2 is 2.00 bits per heavy atom. The van der Waals surface area contributed by atoms with Gasteiger partial charge in [0.2, 0.25) is 0 Å². The van der Waals surface area contributed by atoms with Gasteiger partial charge in [-0.1, -0.05) is 12.2 Å². The van der Waals surface area contributed by atoms with Gasteiger partial charge < -0.3 is 0 Å². The van der Waals surface area contributed by atoms with Crippen molar-refractivity contribution in [2.75, 3.05) is 0 Å². The summed E-state index contributed by atoms with van der Waals surface area (Å²) < 4.78 is 0. The number of Topliss-reactive ketones (excluding diaryl/α,β-unsaturated/α-hetero) is 1. The molecule has 0 aromatic heterocycles. The number of rotatable bonds is 0. The van der Waals surface area contributed by atoms with Crippen molar-refractivity contribution < 1.29 is 4.79 Å². The number of carbonyl (C=O) groups is 1. The van der Waals surface area contributed by atoms with Gasteiger partial charge in [0, 0.05) is 12.8 Å². The van der Waals surface area contributed by atoms with E-state index in [4.69, 9.17) is 0 Å². The molecule has 64 valence electrons. The third kappa shape index (κ3) is 0.886. The van der Waals surface area contributed by atoms with Crippen LogP contribution in [-0.4, -0.2) is 5.78 Å².